The molecule has 0 amide bonds. The van der Waals surface area contributed by atoms with E-state index in [-0.39, 0.29) is 5.54 Å². The van der Waals surface area contributed by atoms with E-state index >= 15 is 0 Å². The second-order valence-corrected chi connectivity index (χ2v) is 4.69. The van der Waals surface area contributed by atoms with E-state index in [4.69, 9.17) is 10.5 Å². The summed E-state index contributed by atoms with van der Waals surface area (Å²) in [6.45, 7) is 1.41. The highest BCUT2D eigenvalue weighted by Gasteiger charge is 2.33. The third-order valence-corrected chi connectivity index (χ3v) is 3.83. The predicted octanol–water partition coefficient (Wildman–Crippen LogP) is 0.150. The molecule has 0 radical (unpaired) electrons. The summed E-state index contributed by atoms with van der Waals surface area (Å²) >= 11 is 1.51. The average molecular weight is 225 g/mol. The zero-order valence-corrected chi connectivity index (χ0v) is 8.90. The highest BCUT2D eigenvalue weighted by atomic mass is 32.1. The lowest BCUT2D eigenvalue weighted by molar-refractivity contribution is 0.0518. The van der Waals surface area contributed by atoms with Gasteiger partial charge in [0.05, 0.1) is 5.54 Å². The first-order valence-electron chi connectivity index (χ1n) is 4.82. The van der Waals surface area contributed by atoms with Crippen LogP contribution in [0.2, 0.25) is 0 Å². The summed E-state index contributed by atoms with van der Waals surface area (Å²) in [4.78, 5) is 0.793. The van der Waals surface area contributed by atoms with E-state index in [1.54, 1.807) is 10.8 Å². The second-order valence-electron chi connectivity index (χ2n) is 3.73. The monoisotopic (exact) mass is 225 g/mol. The first-order valence-corrected chi connectivity index (χ1v) is 5.64. The highest BCUT2D eigenvalue weighted by Crippen LogP contribution is 2.31. The molecule has 7 heteroatoms. The van der Waals surface area contributed by atoms with Crippen LogP contribution in [-0.2, 0) is 10.3 Å². The Bertz CT molecular complexity index is 444. The Labute approximate surface area is 90.1 Å². The van der Waals surface area contributed by atoms with E-state index in [9.17, 15) is 0 Å². The van der Waals surface area contributed by atoms with Crippen molar-refractivity contribution in [3.05, 3.63) is 11.3 Å². The molecule has 2 aromatic rings. The number of hydrogen-bond acceptors (Lipinski definition) is 6. The van der Waals surface area contributed by atoms with Crippen LogP contribution in [0.15, 0.2) is 6.33 Å². The molecule has 0 bridgehead atoms. The van der Waals surface area contributed by atoms with Crippen LogP contribution < -0.4 is 5.73 Å². The van der Waals surface area contributed by atoms with Crippen molar-refractivity contribution in [3.8, 4) is 0 Å². The van der Waals surface area contributed by atoms with Gasteiger partial charge in [0.15, 0.2) is 0 Å². The number of hydrogen-bond donors (Lipinski definition) is 1. The lowest BCUT2D eigenvalue weighted by atomic mass is 9.92. The highest BCUT2D eigenvalue weighted by molar-refractivity contribution is 7.16. The summed E-state index contributed by atoms with van der Waals surface area (Å²) in [7, 11) is 0. The molecule has 0 spiro atoms. The van der Waals surface area contributed by atoms with Gasteiger partial charge >= 0.3 is 0 Å². The number of aromatic nitrogens is 4. The van der Waals surface area contributed by atoms with Crippen molar-refractivity contribution in [1.82, 2.24) is 19.8 Å². The molecular weight excluding hydrogens is 214 g/mol. The topological polar surface area (TPSA) is 78.3 Å². The number of rotatable bonds is 1. The van der Waals surface area contributed by atoms with Gasteiger partial charge in [-0.3, -0.25) is 0 Å². The van der Waals surface area contributed by atoms with Gasteiger partial charge in [0.25, 0.3) is 0 Å². The second kappa shape index (κ2) is 3.22. The molecule has 80 valence electrons. The zero-order chi connectivity index (χ0) is 10.3. The Morgan fingerprint density at radius 2 is 2.27 bits per heavy atom. The number of nitrogens with zero attached hydrogens (tertiary/aromatic N) is 4. The van der Waals surface area contributed by atoms with E-state index < -0.39 is 0 Å². The molecule has 0 atom stereocenters. The van der Waals surface area contributed by atoms with Crippen LogP contribution >= 0.6 is 11.3 Å². The van der Waals surface area contributed by atoms with Gasteiger partial charge in [0.1, 0.15) is 11.3 Å². The molecule has 0 unspecified atom stereocenters. The van der Waals surface area contributed by atoms with Gasteiger partial charge < -0.3 is 10.5 Å². The van der Waals surface area contributed by atoms with Crippen molar-refractivity contribution in [2.75, 3.05) is 13.2 Å². The van der Waals surface area contributed by atoms with Gasteiger partial charge in [-0.1, -0.05) is 11.3 Å². The Kier molecular flexibility index (Phi) is 1.98. The number of ether oxygens (including phenoxy) is 1. The third kappa shape index (κ3) is 1.43. The standard InChI is InChI=1S/C8H11N5OS/c9-8(1-3-14-4-2-8)6-12-13-5-10-11-7(13)15-6/h5H,1-4,9H2. The van der Waals surface area contributed by atoms with Crippen molar-refractivity contribution in [3.63, 3.8) is 0 Å². The molecule has 0 aromatic carbocycles. The summed E-state index contributed by atoms with van der Waals surface area (Å²) in [5, 5.41) is 13.0. The average Bonchev–Trinajstić information content (AvgIpc) is 2.77. The van der Waals surface area contributed by atoms with Crippen molar-refractivity contribution in [2.45, 2.75) is 18.4 Å². The molecule has 15 heavy (non-hydrogen) atoms. The maximum absolute atomic E-state index is 6.31. The van der Waals surface area contributed by atoms with Gasteiger partial charge in [-0.2, -0.15) is 9.61 Å². The minimum Gasteiger partial charge on any atom is -0.381 e. The van der Waals surface area contributed by atoms with Crippen molar-refractivity contribution < 1.29 is 4.74 Å². The molecule has 3 rings (SSSR count). The molecule has 0 saturated carbocycles. The van der Waals surface area contributed by atoms with Crippen LogP contribution in [-0.4, -0.2) is 33.0 Å². The van der Waals surface area contributed by atoms with Gasteiger partial charge in [0.2, 0.25) is 4.96 Å². The molecule has 6 nitrogen and oxygen atoms in total. The van der Waals surface area contributed by atoms with E-state index in [2.05, 4.69) is 15.3 Å². The zero-order valence-electron chi connectivity index (χ0n) is 8.09. The first-order chi connectivity index (χ1) is 7.28. The van der Waals surface area contributed by atoms with Crippen LogP contribution in [0, 0.1) is 0 Å². The molecule has 1 aliphatic rings. The lowest BCUT2D eigenvalue weighted by Crippen LogP contribution is -2.42. The maximum atomic E-state index is 6.31. The van der Waals surface area contributed by atoms with Crippen molar-refractivity contribution >= 4 is 16.3 Å². The van der Waals surface area contributed by atoms with Gasteiger partial charge in [-0.25, -0.2) is 0 Å². The van der Waals surface area contributed by atoms with Gasteiger partial charge in [-0.15, -0.1) is 10.2 Å². The lowest BCUT2D eigenvalue weighted by Gasteiger charge is -2.30. The summed E-state index contributed by atoms with van der Waals surface area (Å²) < 4.78 is 6.97. The van der Waals surface area contributed by atoms with E-state index in [1.165, 1.54) is 11.3 Å². The fraction of sp³-hybridized carbons (Fsp3) is 0.625. The summed E-state index contributed by atoms with van der Waals surface area (Å²) in [5.41, 5.74) is 5.97. The van der Waals surface area contributed by atoms with Gasteiger partial charge in [0, 0.05) is 13.2 Å². The largest absolute Gasteiger partial charge is 0.381 e. The molecule has 1 aliphatic heterocycles. The fourth-order valence-corrected chi connectivity index (χ4v) is 2.69. The molecule has 3 heterocycles. The van der Waals surface area contributed by atoms with Crippen LogP contribution in [0.3, 0.4) is 0 Å². The smallest absolute Gasteiger partial charge is 0.234 e. The fourth-order valence-electron chi connectivity index (χ4n) is 1.71. The minimum atomic E-state index is -0.344. The molecule has 1 saturated heterocycles. The Hall–Kier alpha value is -1.05. The predicted molar refractivity (Wildman–Crippen MR) is 54.6 cm³/mol. The van der Waals surface area contributed by atoms with Crippen LogP contribution in [0.5, 0.6) is 0 Å². The Morgan fingerprint density at radius 3 is 3.00 bits per heavy atom. The maximum Gasteiger partial charge on any atom is 0.234 e. The van der Waals surface area contributed by atoms with Gasteiger partial charge in [-0.05, 0) is 12.8 Å². The number of fused-ring (bicyclic) bond motifs is 1. The van der Waals surface area contributed by atoms with Crippen molar-refractivity contribution in [1.29, 1.82) is 0 Å². The minimum absolute atomic E-state index is 0.344. The number of nitrogens with two attached hydrogens (primary N) is 1. The SMILES string of the molecule is NC1(c2nn3cnnc3s2)CCOCC1. The van der Waals surface area contributed by atoms with Crippen LogP contribution in [0.25, 0.3) is 4.96 Å². The Morgan fingerprint density at radius 1 is 1.47 bits per heavy atom. The quantitative estimate of drug-likeness (QED) is 0.747. The van der Waals surface area contributed by atoms with E-state index in [1.807, 2.05) is 0 Å². The molecule has 1 fully saturated rings. The normalized spacial score (nSPS) is 20.9. The van der Waals surface area contributed by atoms with Crippen molar-refractivity contribution in [2.24, 2.45) is 5.73 Å². The Balaban J connectivity index is 2.01. The summed E-state index contributed by atoms with van der Waals surface area (Å²) in [6.07, 6.45) is 3.23. The third-order valence-electron chi connectivity index (χ3n) is 2.70. The van der Waals surface area contributed by atoms with Crippen LogP contribution in [0.4, 0.5) is 0 Å². The molecule has 2 aromatic heterocycles. The van der Waals surface area contributed by atoms with Crippen LogP contribution in [0.1, 0.15) is 17.8 Å². The molecule has 0 aliphatic carbocycles. The molecular formula is C8H11N5OS. The van der Waals surface area contributed by atoms with E-state index in [0.29, 0.717) is 13.2 Å². The summed E-state index contributed by atoms with van der Waals surface area (Å²) in [6, 6.07) is 0. The van der Waals surface area contributed by atoms with E-state index in [0.717, 1.165) is 22.8 Å². The summed E-state index contributed by atoms with van der Waals surface area (Å²) in [5.74, 6) is 0. The first kappa shape index (κ1) is 9.20. The molecule has 2 N–H and O–H groups in total.